The van der Waals surface area contributed by atoms with E-state index in [4.69, 9.17) is 4.74 Å². The lowest BCUT2D eigenvalue weighted by atomic mass is 10.3. The van der Waals surface area contributed by atoms with E-state index < -0.39 is 14.9 Å². The second-order valence-corrected chi connectivity index (χ2v) is 8.07. The van der Waals surface area contributed by atoms with Gasteiger partial charge in [-0.1, -0.05) is 5.57 Å². The van der Waals surface area contributed by atoms with E-state index in [1.807, 2.05) is 13.0 Å². The number of nitrogens with zero attached hydrogens (tertiary/aromatic N) is 3. The van der Waals surface area contributed by atoms with Crippen molar-refractivity contribution < 1.29 is 18.1 Å². The second-order valence-electron chi connectivity index (χ2n) is 6.16. The summed E-state index contributed by atoms with van der Waals surface area (Å²) < 4.78 is 32.4. The Bertz CT molecular complexity index is 873. The molecule has 0 radical (unpaired) electrons. The van der Waals surface area contributed by atoms with Gasteiger partial charge in [0, 0.05) is 25.2 Å². The van der Waals surface area contributed by atoms with Crippen LogP contribution in [0.25, 0.3) is 0 Å². The number of anilines is 1. The van der Waals surface area contributed by atoms with Crippen LogP contribution in [0.2, 0.25) is 0 Å². The highest BCUT2D eigenvalue weighted by Gasteiger charge is 2.30. The number of allylic oxidation sites excluding steroid dienone is 2. The average Bonchev–Trinajstić information content (AvgIpc) is 3.05. The summed E-state index contributed by atoms with van der Waals surface area (Å²) in [5.74, 6) is 0. The lowest BCUT2D eigenvalue weighted by molar-refractivity contribution is -0.385. The number of morpholine rings is 1. The van der Waals surface area contributed by atoms with Crippen LogP contribution in [0.15, 0.2) is 39.8 Å². The number of hydrogen-bond acceptors (Lipinski definition) is 7. The van der Waals surface area contributed by atoms with Gasteiger partial charge in [0.15, 0.2) is 0 Å². The molecule has 0 atom stereocenters. The van der Waals surface area contributed by atoms with Gasteiger partial charge in [0.05, 0.1) is 29.5 Å². The molecule has 1 N–H and O–H groups in total. The van der Waals surface area contributed by atoms with E-state index in [2.05, 4.69) is 10.5 Å². The Labute approximate surface area is 151 Å². The first kappa shape index (κ1) is 18.5. The molecular weight excluding hydrogens is 360 g/mol. The molecule has 3 rings (SSSR count). The van der Waals surface area contributed by atoms with Crippen LogP contribution < -0.4 is 5.43 Å². The van der Waals surface area contributed by atoms with Crippen LogP contribution in [0.5, 0.6) is 0 Å². The smallest absolute Gasteiger partial charge is 0.270 e. The molecule has 1 aliphatic carbocycles. The third-order valence-electron chi connectivity index (χ3n) is 4.27. The fourth-order valence-electron chi connectivity index (χ4n) is 2.83. The topological polar surface area (TPSA) is 114 Å². The Morgan fingerprint density at radius 1 is 1.27 bits per heavy atom. The zero-order valence-corrected chi connectivity index (χ0v) is 15.2. The molecule has 0 bridgehead atoms. The monoisotopic (exact) mass is 380 g/mol. The molecule has 1 saturated heterocycles. The fraction of sp³-hybridized carbons (Fsp3) is 0.438. The number of nitro benzene ring substituents is 1. The van der Waals surface area contributed by atoms with Gasteiger partial charge in [0.1, 0.15) is 4.90 Å². The van der Waals surface area contributed by atoms with Crippen molar-refractivity contribution in [1.29, 1.82) is 0 Å². The molecule has 0 amide bonds. The van der Waals surface area contributed by atoms with Crippen LogP contribution in [0.1, 0.15) is 19.8 Å². The molecule has 1 fully saturated rings. The van der Waals surface area contributed by atoms with E-state index in [0.717, 1.165) is 24.6 Å². The van der Waals surface area contributed by atoms with Gasteiger partial charge in [-0.15, -0.1) is 0 Å². The maximum Gasteiger partial charge on any atom is 0.270 e. The number of ether oxygens (including phenoxy) is 1. The Hall–Kier alpha value is -2.30. The summed E-state index contributed by atoms with van der Waals surface area (Å²) in [6.45, 7) is 3.01. The van der Waals surface area contributed by atoms with Gasteiger partial charge in [-0.3, -0.25) is 15.5 Å². The lowest BCUT2D eigenvalue weighted by Gasteiger charge is -2.26. The molecule has 9 nitrogen and oxygen atoms in total. The molecule has 1 aliphatic heterocycles. The third kappa shape index (κ3) is 3.92. The third-order valence-corrected chi connectivity index (χ3v) is 6.21. The molecule has 2 aliphatic rings. The van der Waals surface area contributed by atoms with Crippen LogP contribution in [-0.4, -0.2) is 49.7 Å². The summed E-state index contributed by atoms with van der Waals surface area (Å²) in [7, 11) is -3.90. The predicted molar refractivity (Wildman–Crippen MR) is 96.7 cm³/mol. The van der Waals surface area contributed by atoms with E-state index in [-0.39, 0.29) is 29.4 Å². The van der Waals surface area contributed by atoms with Gasteiger partial charge in [0.25, 0.3) is 5.69 Å². The van der Waals surface area contributed by atoms with E-state index >= 15 is 0 Å². The largest absolute Gasteiger partial charge is 0.379 e. The predicted octanol–water partition coefficient (Wildman–Crippen LogP) is 2.12. The number of nitro groups is 1. The number of benzene rings is 1. The van der Waals surface area contributed by atoms with Crippen LogP contribution in [0.3, 0.4) is 0 Å². The first-order chi connectivity index (χ1) is 12.4. The number of nitrogens with one attached hydrogen (secondary N) is 1. The van der Waals surface area contributed by atoms with E-state index in [9.17, 15) is 18.5 Å². The Morgan fingerprint density at radius 2 is 2.00 bits per heavy atom. The van der Waals surface area contributed by atoms with Crippen LogP contribution in [0, 0.1) is 10.1 Å². The Balaban J connectivity index is 1.97. The molecule has 1 heterocycles. The summed E-state index contributed by atoms with van der Waals surface area (Å²) in [4.78, 5) is 10.3. The number of hydrogen-bond donors (Lipinski definition) is 1. The zero-order valence-electron chi connectivity index (χ0n) is 14.3. The molecule has 0 spiro atoms. The minimum atomic E-state index is -3.90. The van der Waals surface area contributed by atoms with E-state index in [1.54, 1.807) is 0 Å². The zero-order chi connectivity index (χ0) is 18.7. The lowest BCUT2D eigenvalue weighted by Crippen LogP contribution is -2.40. The first-order valence-electron chi connectivity index (χ1n) is 8.24. The van der Waals surface area contributed by atoms with Gasteiger partial charge < -0.3 is 4.74 Å². The minimum absolute atomic E-state index is 0.156. The maximum absolute atomic E-state index is 13.0. The average molecular weight is 380 g/mol. The molecule has 1 aromatic rings. The highest BCUT2D eigenvalue weighted by molar-refractivity contribution is 7.89. The first-order valence-corrected chi connectivity index (χ1v) is 9.68. The highest BCUT2D eigenvalue weighted by Crippen LogP contribution is 2.30. The van der Waals surface area contributed by atoms with Crippen molar-refractivity contribution in [1.82, 2.24) is 4.31 Å². The summed E-state index contributed by atoms with van der Waals surface area (Å²) >= 11 is 0. The van der Waals surface area contributed by atoms with Gasteiger partial charge >= 0.3 is 0 Å². The van der Waals surface area contributed by atoms with Crippen molar-refractivity contribution >= 4 is 27.1 Å². The van der Waals surface area contributed by atoms with Crippen molar-refractivity contribution in [3.8, 4) is 0 Å². The van der Waals surface area contributed by atoms with Crippen molar-refractivity contribution in [2.45, 2.75) is 24.7 Å². The van der Waals surface area contributed by atoms with Crippen LogP contribution in [-0.2, 0) is 14.8 Å². The molecule has 0 unspecified atom stereocenters. The quantitative estimate of drug-likeness (QED) is 0.618. The Morgan fingerprint density at radius 3 is 2.62 bits per heavy atom. The van der Waals surface area contributed by atoms with Crippen LogP contribution in [0.4, 0.5) is 11.4 Å². The molecule has 1 aromatic carbocycles. The van der Waals surface area contributed by atoms with Crippen molar-refractivity contribution in [3.05, 3.63) is 40.0 Å². The summed E-state index contributed by atoms with van der Waals surface area (Å²) in [5, 5.41) is 15.3. The SMILES string of the molecule is CC1=C/C(=N\Nc2ccc([N+](=O)[O-])cc2S(=O)(=O)N2CCOCC2)CC1. The van der Waals surface area contributed by atoms with Gasteiger partial charge in [-0.05, 0) is 31.9 Å². The summed E-state index contributed by atoms with van der Waals surface area (Å²) in [6, 6.07) is 3.71. The fourth-order valence-corrected chi connectivity index (χ4v) is 4.40. The van der Waals surface area contributed by atoms with Crippen molar-refractivity contribution in [2.75, 3.05) is 31.7 Å². The summed E-state index contributed by atoms with van der Waals surface area (Å²) in [6.07, 6.45) is 3.63. The van der Waals surface area contributed by atoms with Crippen molar-refractivity contribution in [3.63, 3.8) is 0 Å². The van der Waals surface area contributed by atoms with Gasteiger partial charge in [-0.2, -0.15) is 9.41 Å². The molecule has 26 heavy (non-hydrogen) atoms. The second kappa shape index (κ2) is 7.52. The number of hydrazone groups is 1. The standard InChI is InChI=1S/C16H20N4O5S/c1-12-2-3-13(10-12)17-18-15-5-4-14(20(21)22)11-16(15)26(23,24)19-6-8-25-9-7-19/h4-5,10-11,18H,2-3,6-9H2,1H3/b17-13-. The number of sulfonamides is 1. The molecule has 0 saturated carbocycles. The highest BCUT2D eigenvalue weighted by atomic mass is 32.2. The van der Waals surface area contributed by atoms with Crippen molar-refractivity contribution in [2.24, 2.45) is 5.10 Å². The van der Waals surface area contributed by atoms with Gasteiger partial charge in [0.2, 0.25) is 10.0 Å². The minimum Gasteiger partial charge on any atom is -0.379 e. The molecular formula is C16H20N4O5S. The van der Waals surface area contributed by atoms with Crippen LogP contribution >= 0.6 is 0 Å². The normalized spacial score (nSPS) is 20.2. The molecule has 140 valence electrons. The van der Waals surface area contributed by atoms with Gasteiger partial charge in [-0.25, -0.2) is 8.42 Å². The summed E-state index contributed by atoms with van der Waals surface area (Å²) in [5.41, 5.74) is 4.72. The molecule has 10 heteroatoms. The maximum atomic E-state index is 13.0. The molecule has 0 aromatic heterocycles. The van der Waals surface area contributed by atoms with E-state index in [1.165, 1.54) is 22.0 Å². The number of non-ortho nitro benzene ring substituents is 1. The number of rotatable bonds is 5. The van der Waals surface area contributed by atoms with E-state index in [0.29, 0.717) is 13.2 Å². The Kier molecular flexibility index (Phi) is 5.35.